The zero-order valence-corrected chi connectivity index (χ0v) is 12.8. The average molecular weight is 281 g/mol. The predicted octanol–water partition coefficient (Wildman–Crippen LogP) is 1.21. The summed E-state index contributed by atoms with van der Waals surface area (Å²) in [6, 6.07) is 0. The molecule has 3 atom stereocenters. The maximum absolute atomic E-state index is 12.8. The van der Waals surface area contributed by atoms with E-state index in [-0.39, 0.29) is 17.7 Å². The van der Waals surface area contributed by atoms with Crippen LogP contribution >= 0.6 is 0 Å². The molecule has 1 N–H and O–H groups in total. The fraction of sp³-hybridized carbons (Fsp3) is 0.800. The van der Waals surface area contributed by atoms with Crippen LogP contribution in [0.25, 0.3) is 0 Å². The number of hydrogen-bond acceptors (Lipinski definition) is 2. The van der Waals surface area contributed by atoms with Crippen molar-refractivity contribution in [1.82, 2.24) is 4.90 Å². The molecule has 5 heteroatoms. The second kappa shape index (κ2) is 5.19. The lowest BCUT2D eigenvalue weighted by molar-refractivity contribution is -0.565. The third-order valence-corrected chi connectivity index (χ3v) is 5.38. The Labute approximate surface area is 120 Å². The number of fused-ring (bicyclic) bond motifs is 1. The van der Waals surface area contributed by atoms with E-state index in [4.69, 9.17) is 0 Å². The summed E-state index contributed by atoms with van der Waals surface area (Å²) in [7, 11) is 1.83. The first kappa shape index (κ1) is 15.0. The maximum Gasteiger partial charge on any atom is 0.376 e. The van der Waals surface area contributed by atoms with Gasteiger partial charge in [0.15, 0.2) is 5.71 Å². The van der Waals surface area contributed by atoms with Crippen molar-refractivity contribution in [1.29, 1.82) is 0 Å². The first-order valence-electron chi connectivity index (χ1n) is 7.51. The molecule has 1 heterocycles. The van der Waals surface area contributed by atoms with E-state index in [9.17, 15) is 14.7 Å². The lowest BCUT2D eigenvalue weighted by atomic mass is 9.79. The van der Waals surface area contributed by atoms with Gasteiger partial charge >= 0.3 is 5.97 Å². The van der Waals surface area contributed by atoms with Crippen LogP contribution in [0.1, 0.15) is 40.0 Å². The van der Waals surface area contributed by atoms with Gasteiger partial charge in [-0.2, -0.15) is 0 Å². The van der Waals surface area contributed by atoms with E-state index in [2.05, 4.69) is 0 Å². The van der Waals surface area contributed by atoms with Gasteiger partial charge in [-0.05, 0) is 26.7 Å². The SMILES string of the molecule is CCN(CC)C(=O)[C@@H]1C(C)=[N+](C)[C@]2(C(=O)O)CCC[C@H]12. The third kappa shape index (κ3) is 1.79. The van der Waals surface area contributed by atoms with E-state index in [1.54, 1.807) is 0 Å². The number of carbonyl (C=O) groups is 2. The molecular weight excluding hydrogens is 256 g/mol. The van der Waals surface area contributed by atoms with Crippen molar-refractivity contribution in [3.05, 3.63) is 0 Å². The Morgan fingerprint density at radius 1 is 1.40 bits per heavy atom. The van der Waals surface area contributed by atoms with Gasteiger partial charge in [0.2, 0.25) is 5.91 Å². The number of carbonyl (C=O) groups excluding carboxylic acids is 1. The summed E-state index contributed by atoms with van der Waals surface area (Å²) in [6.45, 7) is 7.20. The maximum atomic E-state index is 12.8. The summed E-state index contributed by atoms with van der Waals surface area (Å²) >= 11 is 0. The summed E-state index contributed by atoms with van der Waals surface area (Å²) in [5, 5.41) is 9.74. The summed E-state index contributed by atoms with van der Waals surface area (Å²) < 4.78 is 1.86. The van der Waals surface area contributed by atoms with Crippen molar-refractivity contribution in [3.63, 3.8) is 0 Å². The van der Waals surface area contributed by atoms with E-state index >= 15 is 0 Å². The average Bonchev–Trinajstić information content (AvgIpc) is 2.92. The van der Waals surface area contributed by atoms with Crippen LogP contribution in [-0.2, 0) is 9.59 Å². The van der Waals surface area contributed by atoms with Crippen LogP contribution < -0.4 is 0 Å². The zero-order chi connectivity index (χ0) is 15.1. The van der Waals surface area contributed by atoms with Crippen molar-refractivity contribution in [2.75, 3.05) is 20.1 Å². The normalized spacial score (nSPS) is 32.4. The Kier molecular flexibility index (Phi) is 3.89. The van der Waals surface area contributed by atoms with Gasteiger partial charge in [0.25, 0.3) is 5.54 Å². The van der Waals surface area contributed by atoms with Crippen molar-refractivity contribution in [2.24, 2.45) is 11.8 Å². The molecule has 112 valence electrons. The summed E-state index contributed by atoms with van der Waals surface area (Å²) in [5.41, 5.74) is 0.0476. The highest BCUT2D eigenvalue weighted by Gasteiger charge is 2.67. The van der Waals surface area contributed by atoms with Crippen LogP contribution in [-0.4, -0.2) is 57.8 Å². The van der Waals surface area contributed by atoms with Crippen molar-refractivity contribution >= 4 is 17.6 Å². The topological polar surface area (TPSA) is 60.6 Å². The van der Waals surface area contributed by atoms with Crippen LogP contribution in [0.2, 0.25) is 0 Å². The fourth-order valence-corrected chi connectivity index (χ4v) is 4.18. The molecule has 1 amide bonds. The third-order valence-electron chi connectivity index (χ3n) is 5.38. The molecular formula is C15H25N2O3+. The lowest BCUT2D eigenvalue weighted by Gasteiger charge is -2.26. The largest absolute Gasteiger partial charge is 0.476 e. The van der Waals surface area contributed by atoms with Gasteiger partial charge in [-0.3, -0.25) is 4.79 Å². The first-order valence-corrected chi connectivity index (χ1v) is 7.51. The van der Waals surface area contributed by atoms with Gasteiger partial charge in [-0.1, -0.05) is 0 Å². The molecule has 0 bridgehead atoms. The molecule has 1 fully saturated rings. The van der Waals surface area contributed by atoms with Crippen LogP contribution in [0.3, 0.4) is 0 Å². The van der Waals surface area contributed by atoms with Crippen LogP contribution in [0.4, 0.5) is 0 Å². The fourth-order valence-electron chi connectivity index (χ4n) is 4.18. The molecule has 1 aliphatic heterocycles. The van der Waals surface area contributed by atoms with Crippen molar-refractivity contribution < 1.29 is 19.3 Å². The van der Waals surface area contributed by atoms with E-state index < -0.39 is 11.5 Å². The Morgan fingerprint density at radius 2 is 2.00 bits per heavy atom. The smallest absolute Gasteiger partial charge is 0.376 e. The number of amides is 1. The molecule has 1 aliphatic carbocycles. The Balaban J connectivity index is 2.43. The van der Waals surface area contributed by atoms with E-state index in [1.807, 2.05) is 37.3 Å². The first-order chi connectivity index (χ1) is 9.41. The van der Waals surface area contributed by atoms with Gasteiger partial charge < -0.3 is 10.0 Å². The molecule has 0 aromatic rings. The van der Waals surface area contributed by atoms with E-state index in [0.29, 0.717) is 19.5 Å². The van der Waals surface area contributed by atoms with Gasteiger partial charge in [0, 0.05) is 26.4 Å². The lowest BCUT2D eigenvalue weighted by Crippen LogP contribution is -2.49. The molecule has 0 spiro atoms. The second-order valence-corrected chi connectivity index (χ2v) is 5.92. The van der Waals surface area contributed by atoms with Gasteiger partial charge in [0.05, 0.1) is 5.92 Å². The number of rotatable bonds is 4. The van der Waals surface area contributed by atoms with Crippen LogP contribution in [0.15, 0.2) is 0 Å². The van der Waals surface area contributed by atoms with Crippen molar-refractivity contribution in [2.45, 2.75) is 45.6 Å². The molecule has 0 aromatic carbocycles. The number of carboxylic acids is 1. The molecule has 0 saturated heterocycles. The summed E-state index contributed by atoms with van der Waals surface area (Å²) in [5.74, 6) is -1.04. The van der Waals surface area contributed by atoms with Crippen LogP contribution in [0, 0.1) is 11.8 Å². The number of carboxylic acid groups (broad SMARTS) is 1. The molecule has 0 radical (unpaired) electrons. The summed E-state index contributed by atoms with van der Waals surface area (Å²) in [4.78, 5) is 26.4. The van der Waals surface area contributed by atoms with E-state index in [1.165, 1.54) is 0 Å². The minimum Gasteiger partial charge on any atom is -0.476 e. The minimum absolute atomic E-state index is 0.0851. The van der Waals surface area contributed by atoms with Gasteiger partial charge in [0.1, 0.15) is 13.0 Å². The molecule has 2 rings (SSSR count). The molecule has 20 heavy (non-hydrogen) atoms. The standard InChI is InChI=1S/C15H24N2O3/c1-5-17(6-2)13(18)12-10(3)16(4)15(14(19)20)9-7-8-11(12)15/h11-12H,5-9H2,1-4H3/p+1/t11-,12-,15-/m1/s1. The predicted molar refractivity (Wildman–Crippen MR) is 76.0 cm³/mol. The number of likely N-dealkylation sites (N-methyl/N-ethyl adjacent to an activating group) is 1. The van der Waals surface area contributed by atoms with E-state index in [0.717, 1.165) is 18.6 Å². The Morgan fingerprint density at radius 3 is 2.50 bits per heavy atom. The van der Waals surface area contributed by atoms with Gasteiger partial charge in [-0.25, -0.2) is 9.37 Å². The molecule has 2 aliphatic rings. The monoisotopic (exact) mass is 281 g/mol. The highest BCUT2D eigenvalue weighted by Crippen LogP contribution is 2.48. The summed E-state index contributed by atoms with van der Waals surface area (Å²) in [6.07, 6.45) is 2.35. The zero-order valence-electron chi connectivity index (χ0n) is 12.8. The molecule has 5 nitrogen and oxygen atoms in total. The minimum atomic E-state index is -0.864. The number of hydrogen-bond donors (Lipinski definition) is 1. The molecule has 0 unspecified atom stereocenters. The highest BCUT2D eigenvalue weighted by molar-refractivity contribution is 6.04. The quantitative estimate of drug-likeness (QED) is 0.788. The van der Waals surface area contributed by atoms with Crippen LogP contribution in [0.5, 0.6) is 0 Å². The van der Waals surface area contributed by atoms with Gasteiger partial charge in [-0.15, -0.1) is 0 Å². The number of nitrogens with zero attached hydrogens (tertiary/aromatic N) is 2. The van der Waals surface area contributed by atoms with Crippen molar-refractivity contribution in [3.8, 4) is 0 Å². The number of aliphatic carboxylic acids is 1. The second-order valence-electron chi connectivity index (χ2n) is 5.92. The Hall–Kier alpha value is -1.39. The molecule has 0 aromatic heterocycles. The Bertz CT molecular complexity index is 468. The molecule has 1 saturated carbocycles. The highest BCUT2D eigenvalue weighted by atomic mass is 16.4.